The Bertz CT molecular complexity index is 643. The number of hydrogen-bond acceptors (Lipinski definition) is 2. The van der Waals surface area contributed by atoms with Crippen LogP contribution in [0.2, 0.25) is 5.02 Å². The van der Waals surface area contributed by atoms with Crippen LogP contribution in [0.5, 0.6) is 0 Å². The number of benzene rings is 2. The third kappa shape index (κ3) is 3.28. The summed E-state index contributed by atoms with van der Waals surface area (Å²) in [6, 6.07) is 10.5. The Morgan fingerprint density at radius 3 is 2.68 bits per heavy atom. The smallest absolute Gasteiger partial charge is 0.255 e. The molecule has 3 nitrogen and oxygen atoms in total. The van der Waals surface area contributed by atoms with Crippen LogP contribution in [0.3, 0.4) is 0 Å². The van der Waals surface area contributed by atoms with Crippen LogP contribution < -0.4 is 11.1 Å². The molecule has 0 radical (unpaired) electrons. The van der Waals surface area contributed by atoms with E-state index in [0.717, 1.165) is 5.56 Å². The number of nitrogen functional groups attached to an aromatic ring is 1. The second-order valence-electron chi connectivity index (χ2n) is 4.17. The fourth-order valence-electron chi connectivity index (χ4n) is 1.61. The SMILES string of the molecule is Cc1ccc(N)c(NC(=O)c2ccc(Cl)c(Br)c2)c1. The molecular formula is C14H12BrClN2O. The average molecular weight is 340 g/mol. The zero-order valence-corrected chi connectivity index (χ0v) is 12.5. The van der Waals surface area contributed by atoms with Crippen LogP contribution in [0.1, 0.15) is 15.9 Å². The first-order valence-corrected chi connectivity index (χ1v) is 6.77. The van der Waals surface area contributed by atoms with E-state index in [1.165, 1.54) is 0 Å². The van der Waals surface area contributed by atoms with Crippen molar-refractivity contribution >= 4 is 44.8 Å². The normalized spacial score (nSPS) is 10.3. The van der Waals surface area contributed by atoms with Crippen LogP contribution in [-0.2, 0) is 0 Å². The lowest BCUT2D eigenvalue weighted by Gasteiger charge is -2.09. The van der Waals surface area contributed by atoms with Gasteiger partial charge in [0.2, 0.25) is 0 Å². The molecule has 0 saturated heterocycles. The topological polar surface area (TPSA) is 55.1 Å². The van der Waals surface area contributed by atoms with Crippen LogP contribution in [-0.4, -0.2) is 5.91 Å². The Kier molecular flexibility index (Phi) is 4.12. The second-order valence-corrected chi connectivity index (χ2v) is 5.44. The van der Waals surface area contributed by atoms with Crippen LogP contribution >= 0.6 is 27.5 Å². The van der Waals surface area contributed by atoms with Gasteiger partial charge < -0.3 is 11.1 Å². The Hall–Kier alpha value is -1.52. The molecule has 3 N–H and O–H groups in total. The van der Waals surface area contributed by atoms with Crippen molar-refractivity contribution in [1.82, 2.24) is 0 Å². The van der Waals surface area contributed by atoms with E-state index in [4.69, 9.17) is 17.3 Å². The molecule has 0 aliphatic rings. The van der Waals surface area contributed by atoms with Gasteiger partial charge in [-0.2, -0.15) is 0 Å². The van der Waals surface area contributed by atoms with E-state index < -0.39 is 0 Å². The second kappa shape index (κ2) is 5.63. The molecule has 1 amide bonds. The van der Waals surface area contributed by atoms with Crippen molar-refractivity contribution in [2.45, 2.75) is 6.92 Å². The molecule has 2 aromatic rings. The van der Waals surface area contributed by atoms with Gasteiger partial charge in [0.1, 0.15) is 0 Å². The maximum atomic E-state index is 12.1. The summed E-state index contributed by atoms with van der Waals surface area (Å²) in [5.74, 6) is -0.227. The highest BCUT2D eigenvalue weighted by Gasteiger charge is 2.10. The van der Waals surface area contributed by atoms with E-state index in [-0.39, 0.29) is 5.91 Å². The third-order valence-electron chi connectivity index (χ3n) is 2.64. The number of nitrogens with one attached hydrogen (secondary N) is 1. The van der Waals surface area contributed by atoms with E-state index in [1.54, 1.807) is 24.3 Å². The summed E-state index contributed by atoms with van der Waals surface area (Å²) in [7, 11) is 0. The zero-order valence-electron chi connectivity index (χ0n) is 10.2. The summed E-state index contributed by atoms with van der Waals surface area (Å²) in [5, 5.41) is 3.35. The van der Waals surface area contributed by atoms with Crippen LogP contribution in [0, 0.1) is 6.92 Å². The lowest BCUT2D eigenvalue weighted by atomic mass is 10.1. The minimum Gasteiger partial charge on any atom is -0.397 e. The van der Waals surface area contributed by atoms with Gasteiger partial charge in [-0.05, 0) is 58.7 Å². The molecule has 98 valence electrons. The highest BCUT2D eigenvalue weighted by molar-refractivity contribution is 9.10. The number of carbonyl (C=O) groups excluding carboxylic acids is 1. The molecule has 0 fully saturated rings. The summed E-state index contributed by atoms with van der Waals surface area (Å²) < 4.78 is 0.680. The largest absolute Gasteiger partial charge is 0.397 e. The summed E-state index contributed by atoms with van der Waals surface area (Å²) >= 11 is 9.18. The van der Waals surface area contributed by atoms with E-state index in [2.05, 4.69) is 21.2 Å². The predicted molar refractivity (Wildman–Crippen MR) is 82.7 cm³/mol. The Morgan fingerprint density at radius 1 is 1.26 bits per heavy atom. The van der Waals surface area contributed by atoms with Crippen LogP contribution in [0.4, 0.5) is 11.4 Å². The van der Waals surface area contributed by atoms with Crippen molar-refractivity contribution in [1.29, 1.82) is 0 Å². The Morgan fingerprint density at radius 2 is 2.00 bits per heavy atom. The van der Waals surface area contributed by atoms with E-state index >= 15 is 0 Å². The van der Waals surface area contributed by atoms with Crippen molar-refractivity contribution in [3.05, 3.63) is 57.0 Å². The first kappa shape index (κ1) is 13.9. The average Bonchev–Trinajstić information content (AvgIpc) is 2.37. The molecule has 2 rings (SSSR count). The van der Waals surface area contributed by atoms with Gasteiger partial charge in [-0.25, -0.2) is 0 Å². The summed E-state index contributed by atoms with van der Waals surface area (Å²) in [6.45, 7) is 1.94. The fourth-order valence-corrected chi connectivity index (χ4v) is 2.11. The van der Waals surface area contributed by atoms with Crippen molar-refractivity contribution < 1.29 is 4.79 Å². The molecule has 19 heavy (non-hydrogen) atoms. The number of nitrogens with two attached hydrogens (primary N) is 1. The summed E-state index contributed by atoms with van der Waals surface area (Å²) in [5.41, 5.74) is 8.51. The number of carbonyl (C=O) groups is 1. The molecule has 5 heteroatoms. The van der Waals surface area contributed by atoms with Gasteiger partial charge in [-0.1, -0.05) is 17.7 Å². The first-order valence-electron chi connectivity index (χ1n) is 5.60. The van der Waals surface area contributed by atoms with Crippen molar-refractivity contribution in [2.24, 2.45) is 0 Å². The molecule has 0 aromatic heterocycles. The number of rotatable bonds is 2. The summed E-state index contributed by atoms with van der Waals surface area (Å²) in [6.07, 6.45) is 0. The van der Waals surface area contributed by atoms with Gasteiger partial charge in [0, 0.05) is 10.0 Å². The van der Waals surface area contributed by atoms with Crippen LogP contribution in [0.15, 0.2) is 40.9 Å². The fraction of sp³-hybridized carbons (Fsp3) is 0.0714. The first-order chi connectivity index (χ1) is 8.97. The number of amides is 1. The Labute approximate surface area is 124 Å². The summed E-state index contributed by atoms with van der Waals surface area (Å²) in [4.78, 5) is 12.1. The monoisotopic (exact) mass is 338 g/mol. The molecule has 0 bridgehead atoms. The molecule has 0 aliphatic heterocycles. The van der Waals surface area contributed by atoms with Gasteiger partial charge in [0.05, 0.1) is 16.4 Å². The Balaban J connectivity index is 2.25. The lowest BCUT2D eigenvalue weighted by molar-refractivity contribution is 0.102. The number of anilines is 2. The minimum absolute atomic E-state index is 0.227. The van der Waals surface area contributed by atoms with Crippen molar-refractivity contribution in [3.63, 3.8) is 0 Å². The van der Waals surface area contributed by atoms with E-state index in [9.17, 15) is 4.79 Å². The number of hydrogen-bond donors (Lipinski definition) is 2. The highest BCUT2D eigenvalue weighted by atomic mass is 79.9. The van der Waals surface area contributed by atoms with Gasteiger partial charge >= 0.3 is 0 Å². The lowest BCUT2D eigenvalue weighted by Crippen LogP contribution is -2.13. The molecule has 0 spiro atoms. The van der Waals surface area contributed by atoms with Gasteiger partial charge in [-0.15, -0.1) is 0 Å². The molecule has 2 aromatic carbocycles. The quantitative estimate of drug-likeness (QED) is 0.804. The van der Waals surface area contributed by atoms with Gasteiger partial charge in [0.15, 0.2) is 0 Å². The minimum atomic E-state index is -0.227. The molecule has 0 heterocycles. The molecular weight excluding hydrogens is 328 g/mol. The molecule has 0 saturated carbocycles. The number of halogens is 2. The molecule has 0 aliphatic carbocycles. The van der Waals surface area contributed by atoms with E-state index in [0.29, 0.717) is 26.4 Å². The highest BCUT2D eigenvalue weighted by Crippen LogP contribution is 2.25. The standard InChI is InChI=1S/C14H12BrClN2O/c1-8-2-5-12(17)13(6-8)18-14(19)9-3-4-11(16)10(15)7-9/h2-7H,17H2,1H3,(H,18,19). The third-order valence-corrected chi connectivity index (χ3v) is 3.85. The van der Waals surface area contributed by atoms with Crippen molar-refractivity contribution in [3.8, 4) is 0 Å². The zero-order chi connectivity index (χ0) is 14.0. The number of aryl methyl sites for hydroxylation is 1. The van der Waals surface area contributed by atoms with Crippen molar-refractivity contribution in [2.75, 3.05) is 11.1 Å². The maximum absolute atomic E-state index is 12.1. The van der Waals surface area contributed by atoms with Gasteiger partial charge in [-0.3, -0.25) is 4.79 Å². The predicted octanol–water partition coefficient (Wildman–Crippen LogP) is 4.25. The molecule has 0 atom stereocenters. The van der Waals surface area contributed by atoms with Crippen LogP contribution in [0.25, 0.3) is 0 Å². The maximum Gasteiger partial charge on any atom is 0.255 e. The van der Waals surface area contributed by atoms with E-state index in [1.807, 2.05) is 19.1 Å². The molecule has 0 unspecified atom stereocenters. The van der Waals surface area contributed by atoms with Gasteiger partial charge in [0.25, 0.3) is 5.91 Å².